The highest BCUT2D eigenvalue weighted by Gasteiger charge is 2.42. The number of methoxy groups -OCH3 is 3. The van der Waals surface area contributed by atoms with Crippen molar-refractivity contribution < 1.29 is 19.0 Å². The van der Waals surface area contributed by atoms with Gasteiger partial charge in [-0.3, -0.25) is 9.78 Å². The summed E-state index contributed by atoms with van der Waals surface area (Å²) in [6, 6.07) is 27.0. The predicted molar refractivity (Wildman–Crippen MR) is 195 cm³/mol. The van der Waals surface area contributed by atoms with Crippen molar-refractivity contribution in [1.82, 2.24) is 24.8 Å². The maximum absolute atomic E-state index is 14.0. The highest BCUT2D eigenvalue weighted by molar-refractivity contribution is 5.96. The molecule has 10 nitrogen and oxygen atoms in total. The molecular formula is C40H46N6O4. The minimum absolute atomic E-state index is 0.0258. The minimum Gasteiger partial charge on any atom is -0.493 e. The van der Waals surface area contributed by atoms with E-state index in [-0.39, 0.29) is 11.3 Å². The van der Waals surface area contributed by atoms with E-state index >= 15 is 0 Å². The fourth-order valence-corrected chi connectivity index (χ4v) is 7.78. The molecule has 5 aromatic rings. The largest absolute Gasteiger partial charge is 0.493 e. The fraction of sp³-hybridized carbons (Fsp3) is 0.375. The second-order valence-electron chi connectivity index (χ2n) is 13.4. The van der Waals surface area contributed by atoms with Gasteiger partial charge >= 0.3 is 0 Å². The summed E-state index contributed by atoms with van der Waals surface area (Å²) in [6.45, 7) is 5.09. The van der Waals surface area contributed by atoms with Crippen LogP contribution in [0, 0.1) is 0 Å². The maximum Gasteiger partial charge on any atom is 0.254 e. The number of amides is 1. The zero-order valence-corrected chi connectivity index (χ0v) is 29.2. The Kier molecular flexibility index (Phi) is 9.89. The number of anilines is 1. The van der Waals surface area contributed by atoms with Crippen molar-refractivity contribution in [3.05, 3.63) is 108 Å². The summed E-state index contributed by atoms with van der Waals surface area (Å²) in [5.41, 5.74) is 4.91. The first-order valence-corrected chi connectivity index (χ1v) is 17.5. The molecule has 0 bridgehead atoms. The zero-order chi connectivity index (χ0) is 34.5. The molecule has 4 heterocycles. The standard InChI is InChI=1S/C40H46N6O4/c1-48-35-24-30(25-36(49-2)37(35)50-3)38(47)45-23-18-40(28-45,31-11-5-4-6-12-31)17-22-44-20-15-32(16-21-44)46(27-29-10-9-19-41-26-29)39-42-33-13-7-8-14-34(33)43-39/h4-14,19,24-26,32H,15-18,20-23,27-28H2,1-3H3,(H,42,43). The van der Waals surface area contributed by atoms with Gasteiger partial charge in [0.05, 0.1) is 32.4 Å². The van der Waals surface area contributed by atoms with Crippen LogP contribution in [-0.2, 0) is 12.0 Å². The lowest BCUT2D eigenvalue weighted by atomic mass is 9.76. The molecule has 2 aliphatic heterocycles. The van der Waals surface area contributed by atoms with Crippen molar-refractivity contribution in [3.63, 3.8) is 0 Å². The molecule has 1 amide bonds. The summed E-state index contributed by atoms with van der Waals surface area (Å²) >= 11 is 0. The number of aromatic amines is 1. The van der Waals surface area contributed by atoms with Gasteiger partial charge in [-0.05, 0) is 73.7 Å². The summed E-state index contributed by atoms with van der Waals surface area (Å²) in [4.78, 5) is 33.9. The monoisotopic (exact) mass is 674 g/mol. The number of pyridine rings is 1. The van der Waals surface area contributed by atoms with Crippen molar-refractivity contribution in [1.29, 1.82) is 0 Å². The summed E-state index contributed by atoms with van der Waals surface area (Å²) < 4.78 is 16.6. The molecule has 2 saturated heterocycles. The third-order valence-electron chi connectivity index (χ3n) is 10.6. The van der Waals surface area contributed by atoms with Gasteiger partial charge in [-0.25, -0.2) is 4.98 Å². The Morgan fingerprint density at radius 1 is 0.920 bits per heavy atom. The number of ether oxygens (including phenoxy) is 3. The van der Waals surface area contributed by atoms with E-state index in [2.05, 4.69) is 68.3 Å². The third-order valence-corrected chi connectivity index (χ3v) is 10.6. The number of nitrogens with one attached hydrogen (secondary N) is 1. The number of fused-ring (bicyclic) bond motifs is 1. The van der Waals surface area contributed by atoms with Gasteiger partial charge in [-0.2, -0.15) is 0 Å². The predicted octanol–water partition coefficient (Wildman–Crippen LogP) is 6.33. The molecule has 2 aliphatic rings. The van der Waals surface area contributed by atoms with Crippen LogP contribution in [0.25, 0.3) is 11.0 Å². The number of H-pyrrole nitrogens is 1. The lowest BCUT2D eigenvalue weighted by Gasteiger charge is -2.40. The first-order valence-electron chi connectivity index (χ1n) is 17.5. The van der Waals surface area contributed by atoms with E-state index in [1.807, 2.05) is 35.5 Å². The van der Waals surface area contributed by atoms with Crippen molar-refractivity contribution in [2.75, 3.05) is 59.0 Å². The SMILES string of the molecule is COc1cc(C(=O)N2CCC(CCN3CCC(N(Cc4cccnc4)c4nc5ccccc5[nH]4)CC3)(c3ccccc3)C2)cc(OC)c1OC. The summed E-state index contributed by atoms with van der Waals surface area (Å²) in [5, 5.41) is 0. The van der Waals surface area contributed by atoms with Crippen LogP contribution in [0.4, 0.5) is 5.95 Å². The lowest BCUT2D eigenvalue weighted by Crippen LogP contribution is -2.46. The van der Waals surface area contributed by atoms with Crippen LogP contribution in [0.15, 0.2) is 91.3 Å². The van der Waals surface area contributed by atoms with Gasteiger partial charge in [-0.1, -0.05) is 48.5 Å². The molecule has 0 saturated carbocycles. The van der Waals surface area contributed by atoms with Gasteiger partial charge in [0, 0.05) is 62.1 Å². The average Bonchev–Trinajstić information content (AvgIpc) is 3.82. The number of para-hydroxylation sites is 2. The molecule has 260 valence electrons. The number of hydrogen-bond donors (Lipinski definition) is 1. The van der Waals surface area contributed by atoms with E-state index in [0.29, 0.717) is 41.9 Å². The number of benzene rings is 3. The molecule has 1 atom stereocenters. The van der Waals surface area contributed by atoms with Gasteiger partial charge in [0.25, 0.3) is 5.91 Å². The molecule has 3 aromatic carbocycles. The molecule has 50 heavy (non-hydrogen) atoms. The van der Waals surface area contributed by atoms with Crippen LogP contribution in [0.1, 0.15) is 47.2 Å². The van der Waals surface area contributed by atoms with Crippen LogP contribution in [-0.4, -0.2) is 90.8 Å². The van der Waals surface area contributed by atoms with E-state index in [0.717, 1.165) is 68.8 Å². The maximum atomic E-state index is 14.0. The number of likely N-dealkylation sites (tertiary alicyclic amines) is 2. The normalized spacial score (nSPS) is 18.3. The van der Waals surface area contributed by atoms with Gasteiger partial charge in [0.15, 0.2) is 11.5 Å². The zero-order valence-electron chi connectivity index (χ0n) is 29.2. The Morgan fingerprint density at radius 2 is 1.66 bits per heavy atom. The number of carbonyl (C=O) groups excluding carboxylic acids is 1. The molecule has 2 fully saturated rings. The van der Waals surface area contributed by atoms with Crippen molar-refractivity contribution in [2.24, 2.45) is 0 Å². The molecule has 0 spiro atoms. The highest BCUT2D eigenvalue weighted by atomic mass is 16.5. The number of nitrogens with zero attached hydrogens (tertiary/aromatic N) is 5. The number of hydrogen-bond acceptors (Lipinski definition) is 8. The van der Waals surface area contributed by atoms with Crippen LogP contribution in [0.2, 0.25) is 0 Å². The number of imidazole rings is 1. The molecule has 0 aliphatic carbocycles. The minimum atomic E-state index is -0.130. The highest BCUT2D eigenvalue weighted by Crippen LogP contribution is 2.41. The second-order valence-corrected chi connectivity index (χ2v) is 13.4. The Hall–Kier alpha value is -5.09. The molecule has 1 N–H and O–H groups in total. The number of aromatic nitrogens is 3. The van der Waals surface area contributed by atoms with Crippen LogP contribution < -0.4 is 19.1 Å². The lowest BCUT2D eigenvalue weighted by molar-refractivity contribution is 0.0779. The van der Waals surface area contributed by atoms with E-state index < -0.39 is 0 Å². The van der Waals surface area contributed by atoms with Crippen molar-refractivity contribution in [2.45, 2.75) is 43.7 Å². The first-order chi connectivity index (χ1) is 24.5. The molecule has 2 aromatic heterocycles. The molecule has 0 radical (unpaired) electrons. The summed E-state index contributed by atoms with van der Waals surface area (Å²) in [6.07, 6.45) is 7.74. The van der Waals surface area contributed by atoms with Gasteiger partial charge in [0.2, 0.25) is 11.7 Å². The summed E-state index contributed by atoms with van der Waals surface area (Å²) in [7, 11) is 4.71. The third kappa shape index (κ3) is 6.85. The van der Waals surface area contributed by atoms with Gasteiger partial charge < -0.3 is 33.9 Å². The summed E-state index contributed by atoms with van der Waals surface area (Å²) in [5.74, 6) is 2.33. The van der Waals surface area contributed by atoms with E-state index in [9.17, 15) is 4.79 Å². The number of piperidine rings is 1. The number of rotatable bonds is 12. The van der Waals surface area contributed by atoms with Crippen LogP contribution in [0.5, 0.6) is 17.2 Å². The van der Waals surface area contributed by atoms with E-state index in [1.54, 1.807) is 33.5 Å². The Labute approximate surface area is 294 Å². The molecule has 10 heteroatoms. The van der Waals surface area contributed by atoms with Gasteiger partial charge in [0.1, 0.15) is 0 Å². The van der Waals surface area contributed by atoms with E-state index in [4.69, 9.17) is 19.2 Å². The van der Waals surface area contributed by atoms with E-state index in [1.165, 1.54) is 11.1 Å². The van der Waals surface area contributed by atoms with Crippen LogP contribution >= 0.6 is 0 Å². The fourth-order valence-electron chi connectivity index (χ4n) is 7.78. The second kappa shape index (κ2) is 14.8. The molecule has 1 unspecified atom stereocenters. The van der Waals surface area contributed by atoms with Gasteiger partial charge in [-0.15, -0.1) is 0 Å². The molecule has 7 rings (SSSR count). The Bertz CT molecular complexity index is 1830. The smallest absolute Gasteiger partial charge is 0.254 e. The topological polar surface area (TPSA) is 96.1 Å². The number of carbonyl (C=O) groups is 1. The van der Waals surface area contributed by atoms with Crippen LogP contribution in [0.3, 0.4) is 0 Å². The average molecular weight is 675 g/mol. The van der Waals surface area contributed by atoms with Crippen molar-refractivity contribution in [3.8, 4) is 17.2 Å². The Balaban J connectivity index is 1.05. The molecular weight excluding hydrogens is 628 g/mol. The first kappa shape index (κ1) is 33.4. The van der Waals surface area contributed by atoms with Crippen molar-refractivity contribution >= 4 is 22.9 Å². The quantitative estimate of drug-likeness (QED) is 0.164. The Morgan fingerprint density at radius 3 is 2.34 bits per heavy atom.